The van der Waals surface area contributed by atoms with E-state index in [0.29, 0.717) is 19.1 Å². The third-order valence-electron chi connectivity index (χ3n) is 5.44. The molecule has 0 saturated carbocycles. The van der Waals surface area contributed by atoms with Crippen molar-refractivity contribution in [3.63, 3.8) is 0 Å². The van der Waals surface area contributed by atoms with E-state index >= 15 is 0 Å². The highest BCUT2D eigenvalue weighted by atomic mass is 16.5. The monoisotopic (exact) mass is 346 g/mol. The zero-order chi connectivity index (χ0) is 17.8. The van der Waals surface area contributed by atoms with Gasteiger partial charge in [0.05, 0.1) is 12.0 Å². The molecule has 25 heavy (non-hydrogen) atoms. The largest absolute Gasteiger partial charge is 0.377 e. The van der Waals surface area contributed by atoms with Gasteiger partial charge in [0.2, 0.25) is 5.91 Å². The summed E-state index contributed by atoms with van der Waals surface area (Å²) in [6.45, 7) is 3.41. The Morgan fingerprint density at radius 2 is 2.12 bits per heavy atom. The Kier molecular flexibility index (Phi) is 5.91. The molecule has 2 atom stereocenters. The molecule has 0 aromatic carbocycles. The van der Waals surface area contributed by atoms with Crippen LogP contribution in [-0.2, 0) is 16.1 Å². The maximum atomic E-state index is 12.8. The summed E-state index contributed by atoms with van der Waals surface area (Å²) in [5, 5.41) is 3.12. The molecule has 2 fully saturated rings. The highest BCUT2D eigenvalue weighted by molar-refractivity contribution is 5.79. The number of hydrogen-bond acceptors (Lipinski definition) is 5. The molecule has 0 radical (unpaired) electrons. The maximum Gasteiger partial charge on any atom is 0.226 e. The van der Waals surface area contributed by atoms with Crippen LogP contribution in [0.25, 0.3) is 0 Å². The molecule has 0 aliphatic carbocycles. The molecule has 1 N–H and O–H groups in total. The Hall–Kier alpha value is -1.66. The predicted octanol–water partition coefficient (Wildman–Crippen LogP) is 1.51. The zero-order valence-electron chi connectivity index (χ0n) is 15.6. The lowest BCUT2D eigenvalue weighted by Crippen LogP contribution is -2.42. The van der Waals surface area contributed by atoms with Gasteiger partial charge in [0, 0.05) is 39.0 Å². The number of amides is 1. The molecule has 2 saturated heterocycles. The molecule has 6 nitrogen and oxygen atoms in total. The quantitative estimate of drug-likeness (QED) is 0.876. The van der Waals surface area contributed by atoms with Crippen molar-refractivity contribution >= 4 is 11.7 Å². The number of nitrogens with one attached hydrogen (secondary N) is 1. The molecule has 3 heterocycles. The van der Waals surface area contributed by atoms with E-state index in [9.17, 15) is 4.79 Å². The summed E-state index contributed by atoms with van der Waals surface area (Å²) in [6, 6.07) is 3.93. The fraction of sp³-hybridized carbons (Fsp3) is 0.684. The molecule has 0 unspecified atom stereocenters. The first-order valence-electron chi connectivity index (χ1n) is 9.25. The van der Waals surface area contributed by atoms with Crippen LogP contribution in [0.5, 0.6) is 0 Å². The van der Waals surface area contributed by atoms with Crippen molar-refractivity contribution < 1.29 is 9.53 Å². The predicted molar refractivity (Wildman–Crippen MR) is 98.5 cm³/mol. The van der Waals surface area contributed by atoms with Crippen molar-refractivity contribution in [1.29, 1.82) is 0 Å². The van der Waals surface area contributed by atoms with E-state index < -0.39 is 0 Å². The van der Waals surface area contributed by atoms with E-state index in [1.54, 1.807) is 6.20 Å². The number of anilines is 1. The van der Waals surface area contributed by atoms with Gasteiger partial charge in [-0.05, 0) is 51.4 Å². The topological polar surface area (TPSA) is 57.7 Å². The molecule has 138 valence electrons. The van der Waals surface area contributed by atoms with Crippen LogP contribution in [0.1, 0.15) is 24.8 Å². The molecule has 1 amide bonds. The summed E-state index contributed by atoms with van der Waals surface area (Å²) in [4.78, 5) is 21.5. The average molecular weight is 346 g/mol. The van der Waals surface area contributed by atoms with Crippen molar-refractivity contribution in [2.45, 2.75) is 31.9 Å². The molecule has 0 spiro atoms. The number of ether oxygens (including phenoxy) is 1. The fourth-order valence-electron chi connectivity index (χ4n) is 4.00. The number of aromatic nitrogens is 1. The van der Waals surface area contributed by atoms with E-state index in [0.717, 1.165) is 43.7 Å². The first-order chi connectivity index (χ1) is 12.1. The third-order valence-corrected chi connectivity index (χ3v) is 5.44. The lowest BCUT2D eigenvalue weighted by molar-refractivity contribution is -0.128. The summed E-state index contributed by atoms with van der Waals surface area (Å²) >= 11 is 0. The molecule has 1 aromatic rings. The standard InChI is InChI=1S/C19H30N4O2/c1-22(2)18-15(5-4-9-20-18)13-21-19(24)16-8-12-25-17(16)14-6-10-23(3)11-7-14/h4-5,9,14,16-17H,6-8,10-13H2,1-3H3,(H,21,24)/t16-,17+/m0/s1. The van der Waals surface area contributed by atoms with Gasteiger partial charge in [-0.1, -0.05) is 6.07 Å². The Labute approximate surface area is 150 Å². The minimum atomic E-state index is -0.0205. The van der Waals surface area contributed by atoms with Crippen LogP contribution < -0.4 is 10.2 Å². The van der Waals surface area contributed by atoms with Gasteiger partial charge >= 0.3 is 0 Å². The van der Waals surface area contributed by atoms with Crippen LogP contribution in [0, 0.1) is 11.8 Å². The van der Waals surface area contributed by atoms with Gasteiger partial charge < -0.3 is 19.9 Å². The minimum Gasteiger partial charge on any atom is -0.377 e. The van der Waals surface area contributed by atoms with Gasteiger partial charge in [0.25, 0.3) is 0 Å². The molecular weight excluding hydrogens is 316 g/mol. The summed E-state index contributed by atoms with van der Waals surface area (Å²) in [5.41, 5.74) is 1.04. The Balaban J connectivity index is 1.59. The molecule has 3 rings (SSSR count). The van der Waals surface area contributed by atoms with Gasteiger partial charge in [0.15, 0.2) is 0 Å². The van der Waals surface area contributed by atoms with Gasteiger partial charge in [-0.2, -0.15) is 0 Å². The average Bonchev–Trinajstić information content (AvgIpc) is 3.10. The summed E-state index contributed by atoms with van der Waals surface area (Å²) in [5.74, 6) is 1.50. The normalized spacial score (nSPS) is 25.1. The summed E-state index contributed by atoms with van der Waals surface area (Å²) < 4.78 is 5.98. The maximum absolute atomic E-state index is 12.8. The number of piperidine rings is 1. The van der Waals surface area contributed by atoms with Crippen molar-refractivity contribution in [1.82, 2.24) is 15.2 Å². The molecule has 0 bridgehead atoms. The van der Waals surface area contributed by atoms with Crippen molar-refractivity contribution in [3.05, 3.63) is 23.9 Å². The van der Waals surface area contributed by atoms with Gasteiger partial charge in [-0.25, -0.2) is 4.98 Å². The van der Waals surface area contributed by atoms with E-state index in [1.807, 2.05) is 31.1 Å². The molecule has 2 aliphatic rings. The van der Waals surface area contributed by atoms with Crippen LogP contribution in [0.3, 0.4) is 0 Å². The smallest absolute Gasteiger partial charge is 0.226 e. The lowest BCUT2D eigenvalue weighted by atomic mass is 9.84. The van der Waals surface area contributed by atoms with Crippen LogP contribution >= 0.6 is 0 Å². The van der Waals surface area contributed by atoms with E-state index in [1.165, 1.54) is 0 Å². The highest BCUT2D eigenvalue weighted by Gasteiger charge is 2.39. The van der Waals surface area contributed by atoms with E-state index in [-0.39, 0.29) is 17.9 Å². The number of hydrogen-bond donors (Lipinski definition) is 1. The SMILES string of the molecule is CN1CCC([C@H]2OCC[C@@H]2C(=O)NCc2cccnc2N(C)C)CC1. The number of likely N-dealkylation sites (tertiary alicyclic amines) is 1. The van der Waals surface area contributed by atoms with Gasteiger partial charge in [-0.15, -0.1) is 0 Å². The number of nitrogens with zero attached hydrogens (tertiary/aromatic N) is 3. The minimum absolute atomic E-state index is 0.0205. The van der Waals surface area contributed by atoms with E-state index in [4.69, 9.17) is 4.74 Å². The van der Waals surface area contributed by atoms with Crippen LogP contribution in [-0.4, -0.2) is 62.7 Å². The fourth-order valence-corrected chi connectivity index (χ4v) is 4.00. The summed E-state index contributed by atoms with van der Waals surface area (Å²) in [6.07, 6.45) is 4.94. The number of carbonyl (C=O) groups is 1. The molecule has 2 aliphatic heterocycles. The van der Waals surface area contributed by atoms with Crippen molar-refractivity contribution in [3.8, 4) is 0 Å². The molecule has 6 heteroatoms. The second-order valence-corrected chi connectivity index (χ2v) is 7.47. The number of rotatable bonds is 5. The summed E-state index contributed by atoms with van der Waals surface area (Å²) in [7, 11) is 6.09. The number of pyridine rings is 1. The van der Waals surface area contributed by atoms with Gasteiger partial charge in [0.1, 0.15) is 5.82 Å². The zero-order valence-corrected chi connectivity index (χ0v) is 15.6. The second-order valence-electron chi connectivity index (χ2n) is 7.47. The Morgan fingerprint density at radius 1 is 1.36 bits per heavy atom. The molecular formula is C19H30N4O2. The van der Waals surface area contributed by atoms with Crippen LogP contribution in [0.2, 0.25) is 0 Å². The Morgan fingerprint density at radius 3 is 2.84 bits per heavy atom. The number of carbonyl (C=O) groups excluding carboxylic acids is 1. The van der Waals surface area contributed by atoms with E-state index in [2.05, 4.69) is 22.2 Å². The van der Waals surface area contributed by atoms with Crippen LogP contribution in [0.15, 0.2) is 18.3 Å². The van der Waals surface area contributed by atoms with Crippen molar-refractivity contribution in [2.24, 2.45) is 11.8 Å². The third kappa shape index (κ3) is 4.30. The second kappa shape index (κ2) is 8.15. The van der Waals surface area contributed by atoms with Crippen LogP contribution in [0.4, 0.5) is 5.82 Å². The first-order valence-corrected chi connectivity index (χ1v) is 9.25. The highest BCUT2D eigenvalue weighted by Crippen LogP contribution is 2.33. The first kappa shape index (κ1) is 18.1. The lowest BCUT2D eigenvalue weighted by Gasteiger charge is -2.34. The van der Waals surface area contributed by atoms with Gasteiger partial charge in [-0.3, -0.25) is 4.79 Å². The Bertz CT molecular complexity index is 585. The molecule has 1 aromatic heterocycles. The van der Waals surface area contributed by atoms with Crippen molar-refractivity contribution in [2.75, 3.05) is 45.7 Å².